The molecule has 6 heteroatoms. The van der Waals surface area contributed by atoms with Crippen molar-refractivity contribution in [2.24, 2.45) is 17.1 Å². The van der Waals surface area contributed by atoms with E-state index in [1.165, 1.54) is 5.56 Å². The molecule has 0 radical (unpaired) electrons. The van der Waals surface area contributed by atoms with Crippen LogP contribution in [0.15, 0.2) is 30.3 Å². The fourth-order valence-electron chi connectivity index (χ4n) is 2.92. The highest BCUT2D eigenvalue weighted by Gasteiger charge is 2.35. The van der Waals surface area contributed by atoms with E-state index in [9.17, 15) is 9.59 Å². The molecule has 1 heterocycles. The highest BCUT2D eigenvalue weighted by atomic mass is 35.5. The third-order valence-corrected chi connectivity index (χ3v) is 4.41. The highest BCUT2D eigenvalue weighted by Crippen LogP contribution is 2.31. The Labute approximate surface area is 150 Å². The zero-order valence-electron chi connectivity index (χ0n) is 14.6. The lowest BCUT2D eigenvalue weighted by Crippen LogP contribution is -2.43. The van der Waals surface area contributed by atoms with Crippen molar-refractivity contribution in [3.8, 4) is 0 Å². The Morgan fingerprint density at radius 2 is 1.83 bits per heavy atom. The van der Waals surface area contributed by atoms with Gasteiger partial charge in [-0.1, -0.05) is 51.1 Å². The van der Waals surface area contributed by atoms with Gasteiger partial charge in [-0.05, 0) is 18.0 Å². The zero-order chi connectivity index (χ0) is 17.0. The van der Waals surface area contributed by atoms with Gasteiger partial charge in [-0.15, -0.1) is 12.4 Å². The van der Waals surface area contributed by atoms with E-state index in [0.29, 0.717) is 19.6 Å². The van der Waals surface area contributed by atoms with Crippen LogP contribution in [0.5, 0.6) is 0 Å². The van der Waals surface area contributed by atoms with Gasteiger partial charge in [-0.3, -0.25) is 9.59 Å². The number of nitrogens with one attached hydrogen (secondary N) is 1. The molecule has 3 N–H and O–H groups in total. The number of nitrogens with two attached hydrogens (primary N) is 1. The molecule has 0 aliphatic carbocycles. The summed E-state index contributed by atoms with van der Waals surface area (Å²) in [6.45, 7) is 7.42. The number of likely N-dealkylation sites (tertiary alicyclic amines) is 1. The molecule has 2 atom stereocenters. The summed E-state index contributed by atoms with van der Waals surface area (Å²) in [5, 5.41) is 2.73. The van der Waals surface area contributed by atoms with Gasteiger partial charge in [-0.25, -0.2) is 0 Å². The molecule has 2 rings (SSSR count). The predicted molar refractivity (Wildman–Crippen MR) is 98.0 cm³/mol. The van der Waals surface area contributed by atoms with E-state index >= 15 is 0 Å². The molecule has 2 amide bonds. The molecule has 1 aromatic rings. The maximum atomic E-state index is 12.4. The monoisotopic (exact) mass is 353 g/mol. The minimum absolute atomic E-state index is 0. The van der Waals surface area contributed by atoms with Gasteiger partial charge in [0.2, 0.25) is 11.8 Å². The maximum absolute atomic E-state index is 12.4. The van der Waals surface area contributed by atoms with Crippen LogP contribution < -0.4 is 11.1 Å². The van der Waals surface area contributed by atoms with Crippen LogP contribution in [0.4, 0.5) is 0 Å². The van der Waals surface area contributed by atoms with Crippen molar-refractivity contribution in [2.75, 3.05) is 26.2 Å². The van der Waals surface area contributed by atoms with Crippen LogP contribution in [-0.2, 0) is 9.59 Å². The maximum Gasteiger partial charge on any atom is 0.241 e. The van der Waals surface area contributed by atoms with Crippen LogP contribution in [0, 0.1) is 11.3 Å². The standard InChI is InChI=1S/C18H27N3O2.ClH/c1-18(2,3)17(23)20-10-16(22)21-11-14(9-19)15(12-21)13-7-5-4-6-8-13;/h4-8,14-15H,9-12,19H2,1-3H3,(H,20,23);1H/t14-,15+;/m1./s1. The Morgan fingerprint density at radius 1 is 1.21 bits per heavy atom. The average molecular weight is 354 g/mol. The molecular weight excluding hydrogens is 326 g/mol. The summed E-state index contributed by atoms with van der Waals surface area (Å²) in [7, 11) is 0. The number of hydrogen-bond donors (Lipinski definition) is 2. The minimum atomic E-state index is -0.488. The summed E-state index contributed by atoms with van der Waals surface area (Å²) in [6.07, 6.45) is 0. The Balaban J connectivity index is 0.00000288. The normalized spacial score (nSPS) is 20.4. The fourth-order valence-corrected chi connectivity index (χ4v) is 2.92. The molecule has 0 bridgehead atoms. The van der Waals surface area contributed by atoms with E-state index in [1.54, 1.807) is 0 Å². The van der Waals surface area contributed by atoms with Gasteiger partial charge in [0, 0.05) is 24.4 Å². The van der Waals surface area contributed by atoms with E-state index in [1.807, 2.05) is 43.9 Å². The van der Waals surface area contributed by atoms with E-state index in [4.69, 9.17) is 5.73 Å². The Morgan fingerprint density at radius 3 is 2.38 bits per heavy atom. The van der Waals surface area contributed by atoms with Crippen LogP contribution >= 0.6 is 12.4 Å². The quantitative estimate of drug-likeness (QED) is 0.866. The van der Waals surface area contributed by atoms with Gasteiger partial charge in [0.15, 0.2) is 0 Å². The fraction of sp³-hybridized carbons (Fsp3) is 0.556. The summed E-state index contributed by atoms with van der Waals surface area (Å²) in [6, 6.07) is 10.2. The summed E-state index contributed by atoms with van der Waals surface area (Å²) in [4.78, 5) is 26.1. The number of hydrogen-bond acceptors (Lipinski definition) is 3. The lowest BCUT2D eigenvalue weighted by atomic mass is 9.89. The van der Waals surface area contributed by atoms with Gasteiger partial charge >= 0.3 is 0 Å². The molecule has 0 spiro atoms. The molecule has 1 aromatic carbocycles. The lowest BCUT2D eigenvalue weighted by Gasteiger charge is -2.20. The topological polar surface area (TPSA) is 75.4 Å². The van der Waals surface area contributed by atoms with Crippen molar-refractivity contribution in [3.05, 3.63) is 35.9 Å². The van der Waals surface area contributed by atoms with Gasteiger partial charge in [0.25, 0.3) is 0 Å². The molecule has 134 valence electrons. The van der Waals surface area contributed by atoms with Crippen molar-refractivity contribution in [1.29, 1.82) is 0 Å². The molecule has 0 saturated carbocycles. The molecule has 5 nitrogen and oxygen atoms in total. The van der Waals surface area contributed by atoms with E-state index in [0.717, 1.165) is 0 Å². The van der Waals surface area contributed by atoms with Gasteiger partial charge in [0.1, 0.15) is 0 Å². The summed E-state index contributed by atoms with van der Waals surface area (Å²) < 4.78 is 0. The Kier molecular flexibility index (Phi) is 7.24. The Bertz CT molecular complexity index is 557. The van der Waals surface area contributed by atoms with Gasteiger partial charge in [0.05, 0.1) is 6.54 Å². The van der Waals surface area contributed by atoms with Crippen LogP contribution in [0.25, 0.3) is 0 Å². The zero-order valence-corrected chi connectivity index (χ0v) is 15.4. The van der Waals surface area contributed by atoms with Crippen molar-refractivity contribution < 1.29 is 9.59 Å². The third kappa shape index (κ3) is 4.95. The molecule has 1 aliphatic heterocycles. The van der Waals surface area contributed by atoms with Crippen LogP contribution in [-0.4, -0.2) is 42.9 Å². The minimum Gasteiger partial charge on any atom is -0.347 e. The molecule has 1 fully saturated rings. The first-order valence-corrected chi connectivity index (χ1v) is 8.14. The van der Waals surface area contributed by atoms with Gasteiger partial charge < -0.3 is 16.0 Å². The smallest absolute Gasteiger partial charge is 0.241 e. The number of benzene rings is 1. The van der Waals surface area contributed by atoms with Crippen molar-refractivity contribution in [2.45, 2.75) is 26.7 Å². The molecule has 24 heavy (non-hydrogen) atoms. The van der Waals surface area contributed by atoms with E-state index in [-0.39, 0.29) is 42.6 Å². The van der Waals surface area contributed by atoms with Crippen LogP contribution in [0.1, 0.15) is 32.3 Å². The predicted octanol–water partition coefficient (Wildman–Crippen LogP) is 1.77. The first-order chi connectivity index (χ1) is 10.8. The van der Waals surface area contributed by atoms with Crippen molar-refractivity contribution in [3.63, 3.8) is 0 Å². The third-order valence-electron chi connectivity index (χ3n) is 4.41. The SMILES string of the molecule is CC(C)(C)C(=O)NCC(=O)N1C[C@@H](CN)[C@H](c2ccccc2)C1.Cl. The summed E-state index contributed by atoms with van der Waals surface area (Å²) >= 11 is 0. The molecule has 1 saturated heterocycles. The number of nitrogens with zero attached hydrogens (tertiary/aromatic N) is 1. The Hall–Kier alpha value is -1.59. The lowest BCUT2D eigenvalue weighted by molar-refractivity contribution is -0.134. The van der Waals surface area contributed by atoms with E-state index < -0.39 is 5.41 Å². The number of carbonyl (C=O) groups excluding carboxylic acids is 2. The summed E-state index contributed by atoms with van der Waals surface area (Å²) in [5.74, 6) is 0.377. The molecule has 0 aromatic heterocycles. The average Bonchev–Trinajstić information content (AvgIpc) is 2.96. The summed E-state index contributed by atoms with van der Waals surface area (Å²) in [5.41, 5.74) is 6.63. The highest BCUT2D eigenvalue weighted by molar-refractivity contribution is 5.87. The van der Waals surface area contributed by atoms with E-state index in [2.05, 4.69) is 17.4 Å². The number of halogens is 1. The second-order valence-electron chi connectivity index (χ2n) is 7.24. The van der Waals surface area contributed by atoms with Crippen LogP contribution in [0.2, 0.25) is 0 Å². The first kappa shape index (κ1) is 20.5. The van der Waals surface area contributed by atoms with Crippen LogP contribution in [0.3, 0.4) is 0 Å². The molecular formula is C18H28ClN3O2. The second-order valence-corrected chi connectivity index (χ2v) is 7.24. The number of rotatable bonds is 4. The number of carbonyl (C=O) groups is 2. The molecule has 1 aliphatic rings. The number of amides is 2. The first-order valence-electron chi connectivity index (χ1n) is 8.14. The molecule has 0 unspecified atom stereocenters. The second kappa shape index (κ2) is 8.49. The van der Waals surface area contributed by atoms with Gasteiger partial charge in [-0.2, -0.15) is 0 Å². The largest absolute Gasteiger partial charge is 0.347 e. The van der Waals surface area contributed by atoms with Crippen molar-refractivity contribution in [1.82, 2.24) is 10.2 Å². The van der Waals surface area contributed by atoms with Crippen molar-refractivity contribution >= 4 is 24.2 Å².